The van der Waals surface area contributed by atoms with Gasteiger partial charge in [-0.1, -0.05) is 0 Å². The molecule has 4 rings (SSSR count). The van der Waals surface area contributed by atoms with E-state index in [1.807, 2.05) is 0 Å². The Hall–Kier alpha value is 0.250. The van der Waals surface area contributed by atoms with Crippen LogP contribution in [0.25, 0.3) is 0 Å². The normalized spacial score (nSPS) is 51.9. The molecule has 0 aromatic heterocycles. The molecule has 1 N–H and O–H groups in total. The predicted octanol–water partition coefficient (Wildman–Crippen LogP) is 2.45. The molecule has 76 valence electrons. The van der Waals surface area contributed by atoms with Crippen LogP contribution in [0.15, 0.2) is 0 Å². The molecule has 0 unspecified atom stereocenters. The molecule has 2 heteroatoms. The zero-order valence-electron chi connectivity index (χ0n) is 8.33. The molecule has 0 aromatic carbocycles. The minimum Gasteiger partial charge on any atom is -0.316 e. The predicted molar refractivity (Wildman–Crippen MR) is 57.1 cm³/mol. The summed E-state index contributed by atoms with van der Waals surface area (Å²) in [6, 6.07) is 0.887. The second kappa shape index (κ2) is 3.43. The Morgan fingerprint density at radius 1 is 0.846 bits per heavy atom. The largest absolute Gasteiger partial charge is 0.316 e. The van der Waals surface area contributed by atoms with E-state index in [4.69, 9.17) is 0 Å². The van der Waals surface area contributed by atoms with Gasteiger partial charge in [-0.3, -0.25) is 0 Å². The van der Waals surface area contributed by atoms with Gasteiger partial charge in [-0.25, -0.2) is 0 Å². The molecule has 4 bridgehead atoms. The molecule has 4 saturated carbocycles. The third kappa shape index (κ3) is 1.41. The molecular formula is C11H20ClN. The topological polar surface area (TPSA) is 12.0 Å². The Balaban J connectivity index is 0.000000653. The fourth-order valence-corrected chi connectivity index (χ4v) is 4.40. The lowest BCUT2D eigenvalue weighted by Gasteiger charge is -2.54. The average molecular weight is 202 g/mol. The first-order valence-electron chi connectivity index (χ1n) is 5.54. The molecule has 0 aromatic rings. The van der Waals surface area contributed by atoms with E-state index in [0.717, 1.165) is 29.7 Å². The Kier molecular flexibility index (Phi) is 2.59. The van der Waals surface area contributed by atoms with E-state index < -0.39 is 0 Å². The van der Waals surface area contributed by atoms with E-state index >= 15 is 0 Å². The molecule has 0 saturated heterocycles. The summed E-state index contributed by atoms with van der Waals surface area (Å²) in [5, 5.41) is 3.55. The maximum absolute atomic E-state index is 3.55. The van der Waals surface area contributed by atoms with Crippen LogP contribution in [-0.4, -0.2) is 13.1 Å². The third-order valence-corrected chi connectivity index (χ3v) is 4.56. The molecule has 4 aliphatic carbocycles. The minimum atomic E-state index is 0. The summed E-state index contributed by atoms with van der Waals surface area (Å²) in [5.74, 6) is 4.34. The van der Waals surface area contributed by atoms with Gasteiger partial charge in [0.25, 0.3) is 0 Å². The molecule has 13 heavy (non-hydrogen) atoms. The van der Waals surface area contributed by atoms with Crippen molar-refractivity contribution < 1.29 is 0 Å². The van der Waals surface area contributed by atoms with E-state index in [-0.39, 0.29) is 12.4 Å². The van der Waals surface area contributed by atoms with Gasteiger partial charge in [-0.2, -0.15) is 0 Å². The molecule has 0 atom stereocenters. The van der Waals surface area contributed by atoms with Crippen molar-refractivity contribution in [2.24, 2.45) is 23.7 Å². The van der Waals surface area contributed by atoms with Gasteiger partial charge in [-0.05, 0) is 62.8 Å². The maximum Gasteiger partial charge on any atom is 0.0121 e. The second-order valence-electron chi connectivity index (χ2n) is 5.25. The second-order valence-corrected chi connectivity index (χ2v) is 5.25. The lowest BCUT2D eigenvalue weighted by Crippen LogP contribution is -2.53. The van der Waals surface area contributed by atoms with E-state index in [0.29, 0.717) is 0 Å². The molecule has 1 nitrogen and oxygen atoms in total. The zero-order valence-corrected chi connectivity index (χ0v) is 9.15. The van der Waals surface area contributed by atoms with Crippen LogP contribution >= 0.6 is 12.4 Å². The van der Waals surface area contributed by atoms with Crippen LogP contribution in [0.5, 0.6) is 0 Å². The first kappa shape index (κ1) is 9.79. The van der Waals surface area contributed by atoms with Gasteiger partial charge in [-0.15, -0.1) is 12.4 Å². The minimum absolute atomic E-state index is 0. The van der Waals surface area contributed by atoms with Gasteiger partial charge < -0.3 is 5.32 Å². The summed E-state index contributed by atoms with van der Waals surface area (Å²) in [6.07, 6.45) is 7.73. The number of rotatable bonds is 1. The van der Waals surface area contributed by atoms with E-state index in [1.165, 1.54) is 0 Å². The average Bonchev–Trinajstić information content (AvgIpc) is 2.02. The van der Waals surface area contributed by atoms with Crippen molar-refractivity contribution in [1.29, 1.82) is 0 Å². The van der Waals surface area contributed by atoms with Crippen LogP contribution in [0.1, 0.15) is 32.1 Å². The van der Waals surface area contributed by atoms with Crippen LogP contribution in [0.2, 0.25) is 0 Å². The fraction of sp³-hybridized carbons (Fsp3) is 1.00. The zero-order chi connectivity index (χ0) is 8.13. The molecule has 0 radical (unpaired) electrons. The number of halogens is 1. The van der Waals surface area contributed by atoms with E-state index in [1.54, 1.807) is 32.1 Å². The SMILES string of the molecule is CNC1C2CC3CC(C2)CC1C3.Cl. The van der Waals surface area contributed by atoms with Crippen molar-refractivity contribution in [3.63, 3.8) is 0 Å². The van der Waals surface area contributed by atoms with Crippen molar-refractivity contribution in [3.05, 3.63) is 0 Å². The summed E-state index contributed by atoms with van der Waals surface area (Å²) in [7, 11) is 2.16. The standard InChI is InChI=1S/C11H19N.ClH/c1-12-11-9-3-7-2-8(5-9)6-10(11)4-7;/h7-12H,2-6H2,1H3;1H. The maximum atomic E-state index is 3.55. The van der Waals surface area contributed by atoms with Gasteiger partial charge in [0.05, 0.1) is 0 Å². The van der Waals surface area contributed by atoms with Crippen LogP contribution < -0.4 is 5.32 Å². The van der Waals surface area contributed by atoms with Crippen molar-refractivity contribution in [2.75, 3.05) is 7.05 Å². The number of hydrogen-bond donors (Lipinski definition) is 1. The Bertz CT molecular complexity index is 165. The van der Waals surface area contributed by atoms with Gasteiger partial charge in [0.2, 0.25) is 0 Å². The highest BCUT2D eigenvalue weighted by Crippen LogP contribution is 2.53. The van der Waals surface area contributed by atoms with E-state index in [2.05, 4.69) is 12.4 Å². The summed E-state index contributed by atoms with van der Waals surface area (Å²) >= 11 is 0. The fourth-order valence-electron chi connectivity index (χ4n) is 4.40. The summed E-state index contributed by atoms with van der Waals surface area (Å²) < 4.78 is 0. The monoisotopic (exact) mass is 201 g/mol. The lowest BCUT2D eigenvalue weighted by atomic mass is 9.54. The molecule has 4 fully saturated rings. The van der Waals surface area contributed by atoms with Crippen molar-refractivity contribution >= 4 is 12.4 Å². The van der Waals surface area contributed by atoms with Gasteiger partial charge in [0, 0.05) is 6.04 Å². The molecular weight excluding hydrogens is 182 g/mol. The Morgan fingerprint density at radius 2 is 1.31 bits per heavy atom. The van der Waals surface area contributed by atoms with Crippen LogP contribution in [-0.2, 0) is 0 Å². The summed E-state index contributed by atoms with van der Waals surface area (Å²) in [4.78, 5) is 0. The summed E-state index contributed by atoms with van der Waals surface area (Å²) in [5.41, 5.74) is 0. The third-order valence-electron chi connectivity index (χ3n) is 4.56. The van der Waals surface area contributed by atoms with Gasteiger partial charge in [0.15, 0.2) is 0 Å². The van der Waals surface area contributed by atoms with Crippen LogP contribution in [0, 0.1) is 23.7 Å². The number of nitrogens with one attached hydrogen (secondary N) is 1. The summed E-state index contributed by atoms with van der Waals surface area (Å²) in [6.45, 7) is 0. The van der Waals surface area contributed by atoms with Crippen molar-refractivity contribution in [3.8, 4) is 0 Å². The van der Waals surface area contributed by atoms with Gasteiger partial charge in [0.1, 0.15) is 0 Å². The molecule has 0 heterocycles. The first-order valence-corrected chi connectivity index (χ1v) is 5.54. The molecule has 0 spiro atoms. The highest BCUT2D eigenvalue weighted by molar-refractivity contribution is 5.85. The first-order chi connectivity index (χ1) is 5.86. The Labute approximate surface area is 87.1 Å². The molecule has 0 aliphatic heterocycles. The smallest absolute Gasteiger partial charge is 0.0121 e. The quantitative estimate of drug-likeness (QED) is 0.688. The van der Waals surface area contributed by atoms with Gasteiger partial charge >= 0.3 is 0 Å². The number of hydrogen-bond acceptors (Lipinski definition) is 1. The van der Waals surface area contributed by atoms with Crippen molar-refractivity contribution in [2.45, 2.75) is 38.1 Å². The molecule has 4 aliphatic rings. The highest BCUT2D eigenvalue weighted by Gasteiger charge is 2.47. The van der Waals surface area contributed by atoms with Crippen molar-refractivity contribution in [1.82, 2.24) is 5.32 Å². The highest BCUT2D eigenvalue weighted by atomic mass is 35.5. The van der Waals surface area contributed by atoms with Crippen LogP contribution in [0.3, 0.4) is 0 Å². The lowest BCUT2D eigenvalue weighted by molar-refractivity contribution is -0.0109. The Morgan fingerprint density at radius 3 is 1.69 bits per heavy atom. The van der Waals surface area contributed by atoms with E-state index in [9.17, 15) is 0 Å². The van der Waals surface area contributed by atoms with Crippen LogP contribution in [0.4, 0.5) is 0 Å². The molecule has 0 amide bonds.